The molecule has 1 aliphatic rings. The van der Waals surface area contributed by atoms with Gasteiger partial charge < -0.3 is 5.32 Å². The molecule has 1 N–H and O–H groups in total. The van der Waals surface area contributed by atoms with E-state index in [9.17, 15) is 24.5 Å². The molecular formula is C23H14N2O5. The van der Waals surface area contributed by atoms with Crippen molar-refractivity contribution in [3.05, 3.63) is 111 Å². The maximum absolute atomic E-state index is 13.0. The fourth-order valence-corrected chi connectivity index (χ4v) is 3.34. The third kappa shape index (κ3) is 3.40. The Morgan fingerprint density at radius 2 is 1.53 bits per heavy atom. The molecule has 0 spiro atoms. The van der Waals surface area contributed by atoms with E-state index in [1.165, 1.54) is 30.4 Å². The average Bonchev–Trinajstić information content (AvgIpc) is 2.76. The van der Waals surface area contributed by atoms with E-state index >= 15 is 0 Å². The Balaban J connectivity index is 1.62. The minimum Gasteiger partial charge on any atom is -0.322 e. The first-order chi connectivity index (χ1) is 14.5. The number of benzene rings is 3. The van der Waals surface area contributed by atoms with Crippen LogP contribution in [0.5, 0.6) is 0 Å². The molecule has 7 heteroatoms. The van der Waals surface area contributed by atoms with Gasteiger partial charge >= 0.3 is 0 Å². The maximum Gasteiger partial charge on any atom is 0.270 e. The fourth-order valence-electron chi connectivity index (χ4n) is 3.34. The predicted molar refractivity (Wildman–Crippen MR) is 111 cm³/mol. The van der Waals surface area contributed by atoms with E-state index in [1.54, 1.807) is 48.5 Å². The molecule has 1 aliphatic carbocycles. The number of hydrogen-bond acceptors (Lipinski definition) is 5. The maximum atomic E-state index is 13.0. The molecule has 0 atom stereocenters. The number of ketones is 2. The molecule has 0 radical (unpaired) electrons. The number of anilines is 1. The van der Waals surface area contributed by atoms with Crippen LogP contribution < -0.4 is 5.32 Å². The molecule has 1 amide bonds. The minimum absolute atomic E-state index is 0.0857. The molecule has 0 heterocycles. The van der Waals surface area contributed by atoms with Gasteiger partial charge in [-0.05, 0) is 17.7 Å². The van der Waals surface area contributed by atoms with Crippen LogP contribution in [0.1, 0.15) is 37.4 Å². The number of rotatable bonds is 4. The molecule has 0 saturated heterocycles. The highest BCUT2D eigenvalue weighted by Gasteiger charge is 2.31. The van der Waals surface area contributed by atoms with E-state index < -0.39 is 10.8 Å². The number of fused-ring (bicyclic) bond motifs is 2. The van der Waals surface area contributed by atoms with Gasteiger partial charge in [0.2, 0.25) is 5.91 Å². The highest BCUT2D eigenvalue weighted by Crippen LogP contribution is 2.31. The van der Waals surface area contributed by atoms with Crippen molar-refractivity contribution in [2.24, 2.45) is 0 Å². The van der Waals surface area contributed by atoms with Gasteiger partial charge in [-0.15, -0.1) is 0 Å². The van der Waals surface area contributed by atoms with E-state index in [1.807, 2.05) is 0 Å². The quantitative estimate of drug-likeness (QED) is 0.317. The number of nitro groups is 1. The van der Waals surface area contributed by atoms with Crippen LogP contribution in [0, 0.1) is 10.1 Å². The standard InChI is InChI=1S/C23H14N2O5/c26-20(12-11-14-5-3-6-15(13-14)25(29)30)24-19-10-4-9-18-21(19)23(28)17-8-2-1-7-16(17)22(18)27/h1-13H,(H,24,26)/b12-11+. The first-order valence-electron chi connectivity index (χ1n) is 9.00. The van der Waals surface area contributed by atoms with Crippen LogP contribution in [0.3, 0.4) is 0 Å². The second-order valence-corrected chi connectivity index (χ2v) is 6.61. The monoisotopic (exact) mass is 398 g/mol. The highest BCUT2D eigenvalue weighted by atomic mass is 16.6. The summed E-state index contributed by atoms with van der Waals surface area (Å²) < 4.78 is 0. The van der Waals surface area contributed by atoms with Crippen LogP contribution in [0.2, 0.25) is 0 Å². The van der Waals surface area contributed by atoms with Crippen molar-refractivity contribution >= 4 is 34.9 Å². The van der Waals surface area contributed by atoms with Gasteiger partial charge in [0.1, 0.15) is 0 Å². The van der Waals surface area contributed by atoms with E-state index in [4.69, 9.17) is 0 Å². The number of hydrogen-bond donors (Lipinski definition) is 1. The Bertz CT molecular complexity index is 1260. The summed E-state index contributed by atoms with van der Waals surface area (Å²) in [4.78, 5) is 48.4. The third-order valence-electron chi connectivity index (χ3n) is 4.72. The summed E-state index contributed by atoms with van der Waals surface area (Å²) in [6, 6.07) is 17.1. The van der Waals surface area contributed by atoms with Gasteiger partial charge in [0.15, 0.2) is 11.6 Å². The number of non-ortho nitro benzene ring substituents is 1. The van der Waals surface area contributed by atoms with Crippen molar-refractivity contribution in [3.63, 3.8) is 0 Å². The molecule has 3 aromatic carbocycles. The van der Waals surface area contributed by atoms with Gasteiger partial charge in [-0.3, -0.25) is 24.5 Å². The summed E-state index contributed by atoms with van der Waals surface area (Å²) in [6.45, 7) is 0. The van der Waals surface area contributed by atoms with Gasteiger partial charge in [0.25, 0.3) is 5.69 Å². The van der Waals surface area contributed by atoms with Crippen molar-refractivity contribution < 1.29 is 19.3 Å². The Kier molecular flexibility index (Phi) is 4.77. The molecule has 3 aromatic rings. The first-order valence-corrected chi connectivity index (χ1v) is 9.00. The van der Waals surface area contributed by atoms with Crippen molar-refractivity contribution in [1.82, 2.24) is 0 Å². The van der Waals surface area contributed by atoms with Gasteiger partial charge in [0, 0.05) is 34.9 Å². The average molecular weight is 398 g/mol. The third-order valence-corrected chi connectivity index (χ3v) is 4.72. The Morgan fingerprint density at radius 1 is 0.867 bits per heavy atom. The molecular weight excluding hydrogens is 384 g/mol. The Morgan fingerprint density at radius 3 is 2.27 bits per heavy atom. The number of carbonyl (C=O) groups is 3. The summed E-state index contributed by atoms with van der Waals surface area (Å²) >= 11 is 0. The summed E-state index contributed by atoms with van der Waals surface area (Å²) in [7, 11) is 0. The van der Waals surface area contributed by atoms with Crippen LogP contribution in [0.25, 0.3) is 6.08 Å². The Labute approximate surface area is 170 Å². The molecule has 0 aromatic heterocycles. The number of nitro benzene ring substituents is 1. The molecule has 7 nitrogen and oxygen atoms in total. The molecule has 0 bridgehead atoms. The van der Waals surface area contributed by atoms with Crippen LogP contribution >= 0.6 is 0 Å². The fraction of sp³-hybridized carbons (Fsp3) is 0. The summed E-state index contributed by atoms with van der Waals surface area (Å²) in [6.07, 6.45) is 2.64. The number of nitrogens with zero attached hydrogens (tertiary/aromatic N) is 1. The lowest BCUT2D eigenvalue weighted by Gasteiger charge is -2.20. The summed E-state index contributed by atoms with van der Waals surface area (Å²) in [5.41, 5.74) is 1.64. The molecule has 146 valence electrons. The summed E-state index contributed by atoms with van der Waals surface area (Å²) in [5.74, 6) is -1.14. The predicted octanol–water partition coefficient (Wildman–Crippen LogP) is 4.02. The molecule has 0 unspecified atom stereocenters. The molecule has 4 rings (SSSR count). The van der Waals surface area contributed by atoms with E-state index in [0.29, 0.717) is 16.7 Å². The van der Waals surface area contributed by atoms with E-state index in [2.05, 4.69) is 5.32 Å². The summed E-state index contributed by atoms with van der Waals surface area (Å²) in [5, 5.41) is 13.5. The normalized spacial score (nSPS) is 12.4. The second kappa shape index (κ2) is 7.56. The van der Waals surface area contributed by atoms with Crippen LogP contribution in [-0.4, -0.2) is 22.4 Å². The first kappa shape index (κ1) is 18.9. The molecule has 0 fully saturated rings. The molecule has 0 aliphatic heterocycles. The second-order valence-electron chi connectivity index (χ2n) is 6.61. The smallest absolute Gasteiger partial charge is 0.270 e. The van der Waals surface area contributed by atoms with Crippen molar-refractivity contribution in [1.29, 1.82) is 0 Å². The lowest BCUT2D eigenvalue weighted by molar-refractivity contribution is -0.384. The lowest BCUT2D eigenvalue weighted by atomic mass is 9.83. The van der Waals surface area contributed by atoms with Gasteiger partial charge in [-0.1, -0.05) is 48.5 Å². The van der Waals surface area contributed by atoms with Gasteiger partial charge in [0.05, 0.1) is 16.2 Å². The van der Waals surface area contributed by atoms with E-state index in [-0.39, 0.29) is 34.1 Å². The molecule has 30 heavy (non-hydrogen) atoms. The van der Waals surface area contributed by atoms with Gasteiger partial charge in [-0.2, -0.15) is 0 Å². The zero-order valence-corrected chi connectivity index (χ0v) is 15.5. The van der Waals surface area contributed by atoms with Crippen LogP contribution in [0.4, 0.5) is 11.4 Å². The Hall–Kier alpha value is -4.39. The number of nitrogens with one attached hydrogen (secondary N) is 1. The zero-order chi connectivity index (χ0) is 21.3. The highest BCUT2D eigenvalue weighted by molar-refractivity contribution is 6.30. The van der Waals surface area contributed by atoms with Crippen LogP contribution in [0.15, 0.2) is 72.8 Å². The number of amides is 1. The van der Waals surface area contributed by atoms with Crippen molar-refractivity contribution in [2.45, 2.75) is 0 Å². The van der Waals surface area contributed by atoms with Crippen LogP contribution in [-0.2, 0) is 4.79 Å². The SMILES string of the molecule is O=C(/C=C/c1cccc([N+](=O)[O-])c1)Nc1cccc2c1C(=O)c1ccccc1C2=O. The van der Waals surface area contributed by atoms with E-state index in [0.717, 1.165) is 0 Å². The lowest BCUT2D eigenvalue weighted by Crippen LogP contribution is -2.23. The topological polar surface area (TPSA) is 106 Å². The van der Waals surface area contributed by atoms with Crippen molar-refractivity contribution in [3.8, 4) is 0 Å². The van der Waals surface area contributed by atoms with Crippen molar-refractivity contribution in [2.75, 3.05) is 5.32 Å². The molecule has 0 saturated carbocycles. The minimum atomic E-state index is -0.533. The zero-order valence-electron chi connectivity index (χ0n) is 15.5. The number of carbonyl (C=O) groups excluding carboxylic acids is 3. The largest absolute Gasteiger partial charge is 0.322 e. The van der Waals surface area contributed by atoms with Gasteiger partial charge in [-0.25, -0.2) is 0 Å².